The number of aromatic amines is 1. The van der Waals surface area contributed by atoms with Crippen LogP contribution >= 0.6 is 23.2 Å². The highest BCUT2D eigenvalue weighted by Gasteiger charge is 2.12. The molecule has 0 fully saturated rings. The first kappa shape index (κ1) is 19.5. The number of anilines is 2. The maximum absolute atomic E-state index is 6.33. The molecule has 8 heteroatoms. The molecule has 0 unspecified atom stereocenters. The third-order valence-corrected chi connectivity index (χ3v) is 5.21. The second-order valence-corrected chi connectivity index (χ2v) is 7.53. The Labute approximate surface area is 178 Å². The minimum absolute atomic E-state index is 0.526. The summed E-state index contributed by atoms with van der Waals surface area (Å²) in [6.45, 7) is 5.31. The molecule has 0 amide bonds. The molecule has 0 aliphatic heterocycles. The molecule has 3 N–H and O–H groups in total. The van der Waals surface area contributed by atoms with Crippen molar-refractivity contribution in [3.8, 4) is 11.4 Å². The number of H-pyrrole nitrogens is 1. The van der Waals surface area contributed by atoms with Crippen molar-refractivity contribution >= 4 is 46.0 Å². The Morgan fingerprint density at radius 2 is 1.72 bits per heavy atom. The molecule has 148 valence electrons. The van der Waals surface area contributed by atoms with Crippen molar-refractivity contribution in [1.82, 2.24) is 19.9 Å². The summed E-state index contributed by atoms with van der Waals surface area (Å²) < 4.78 is 0. The van der Waals surface area contributed by atoms with Crippen LogP contribution in [0.25, 0.3) is 22.4 Å². The summed E-state index contributed by atoms with van der Waals surface area (Å²) in [5, 5.41) is 7.77. The zero-order chi connectivity index (χ0) is 20.4. The highest BCUT2D eigenvalue weighted by molar-refractivity contribution is 6.36. The molecule has 0 aliphatic rings. The molecule has 2 heterocycles. The topological polar surface area (TPSA) is 78.5 Å². The second-order valence-electron chi connectivity index (χ2n) is 6.69. The van der Waals surface area contributed by atoms with E-state index in [-0.39, 0.29) is 0 Å². The van der Waals surface area contributed by atoms with Crippen LogP contribution in [0, 0.1) is 13.8 Å². The number of halogens is 2. The molecule has 0 spiro atoms. The van der Waals surface area contributed by atoms with Gasteiger partial charge in [0, 0.05) is 34.9 Å². The van der Waals surface area contributed by atoms with Crippen LogP contribution in [0.5, 0.6) is 0 Å². The maximum Gasteiger partial charge on any atom is 0.201 e. The van der Waals surface area contributed by atoms with Gasteiger partial charge in [-0.25, -0.2) is 15.0 Å². The van der Waals surface area contributed by atoms with Gasteiger partial charge in [0.2, 0.25) is 5.95 Å². The quantitative estimate of drug-likeness (QED) is 0.356. The van der Waals surface area contributed by atoms with Gasteiger partial charge in [0.25, 0.3) is 0 Å². The standard InChI is InChI=1S/C21H20Cl2N6/c1-12-13(2)26-20(15-8-7-14(22)11-16(15)23)29-19(12)24-9-10-25-21-27-17-5-3-4-6-18(17)28-21/h3-8,11H,9-10H2,1-2H3,(H,24,26,29)(H2,25,27,28). The first-order chi connectivity index (χ1) is 14.0. The van der Waals surface area contributed by atoms with Crippen LogP contribution in [0.3, 0.4) is 0 Å². The van der Waals surface area contributed by atoms with E-state index in [0.29, 0.717) is 29.0 Å². The number of para-hydroxylation sites is 2. The lowest BCUT2D eigenvalue weighted by atomic mass is 10.2. The molecule has 0 saturated carbocycles. The van der Waals surface area contributed by atoms with Crippen molar-refractivity contribution in [2.24, 2.45) is 0 Å². The van der Waals surface area contributed by atoms with Crippen LogP contribution < -0.4 is 10.6 Å². The fourth-order valence-corrected chi connectivity index (χ4v) is 3.48. The van der Waals surface area contributed by atoms with E-state index in [4.69, 9.17) is 23.2 Å². The third-order valence-electron chi connectivity index (χ3n) is 4.66. The third kappa shape index (κ3) is 4.28. The molecule has 0 bridgehead atoms. The number of hydrogen-bond donors (Lipinski definition) is 3. The zero-order valence-corrected chi connectivity index (χ0v) is 17.6. The van der Waals surface area contributed by atoms with Gasteiger partial charge in [-0.2, -0.15) is 0 Å². The van der Waals surface area contributed by atoms with Crippen molar-refractivity contribution in [2.45, 2.75) is 13.8 Å². The summed E-state index contributed by atoms with van der Waals surface area (Å²) in [5.41, 5.74) is 4.60. The molecular weight excluding hydrogens is 407 g/mol. The number of nitrogens with zero attached hydrogens (tertiary/aromatic N) is 3. The lowest BCUT2D eigenvalue weighted by molar-refractivity contribution is 1.01. The number of nitrogens with one attached hydrogen (secondary N) is 3. The Morgan fingerprint density at radius 1 is 0.931 bits per heavy atom. The molecule has 0 radical (unpaired) electrons. The van der Waals surface area contributed by atoms with Gasteiger partial charge in [0.15, 0.2) is 5.82 Å². The summed E-state index contributed by atoms with van der Waals surface area (Å²) in [4.78, 5) is 17.0. The Morgan fingerprint density at radius 3 is 2.52 bits per heavy atom. The highest BCUT2D eigenvalue weighted by Crippen LogP contribution is 2.30. The maximum atomic E-state index is 6.33. The van der Waals surface area contributed by atoms with Gasteiger partial charge in [-0.05, 0) is 44.2 Å². The predicted molar refractivity (Wildman–Crippen MR) is 120 cm³/mol. The van der Waals surface area contributed by atoms with E-state index in [9.17, 15) is 0 Å². The molecular formula is C21H20Cl2N6. The van der Waals surface area contributed by atoms with Gasteiger partial charge >= 0.3 is 0 Å². The molecule has 4 rings (SSSR count). The molecule has 0 atom stereocenters. The average molecular weight is 427 g/mol. The average Bonchev–Trinajstić information content (AvgIpc) is 3.11. The van der Waals surface area contributed by atoms with Crippen LogP contribution in [0.2, 0.25) is 10.0 Å². The van der Waals surface area contributed by atoms with E-state index in [0.717, 1.165) is 39.6 Å². The lowest BCUT2D eigenvalue weighted by Gasteiger charge is -2.13. The van der Waals surface area contributed by atoms with E-state index in [1.165, 1.54) is 0 Å². The molecule has 0 saturated heterocycles. The van der Waals surface area contributed by atoms with Crippen molar-refractivity contribution in [2.75, 3.05) is 23.7 Å². The molecule has 29 heavy (non-hydrogen) atoms. The Hall–Kier alpha value is -2.83. The zero-order valence-electron chi connectivity index (χ0n) is 16.1. The van der Waals surface area contributed by atoms with Crippen LogP contribution in [-0.4, -0.2) is 33.0 Å². The Kier molecular flexibility index (Phi) is 5.56. The number of hydrogen-bond acceptors (Lipinski definition) is 5. The first-order valence-electron chi connectivity index (χ1n) is 9.24. The van der Waals surface area contributed by atoms with Crippen molar-refractivity contribution in [3.63, 3.8) is 0 Å². The summed E-state index contributed by atoms with van der Waals surface area (Å²) in [6, 6.07) is 13.2. The molecule has 2 aromatic heterocycles. The minimum Gasteiger partial charge on any atom is -0.368 e. The summed E-state index contributed by atoms with van der Waals surface area (Å²) in [5.74, 6) is 2.10. The summed E-state index contributed by atoms with van der Waals surface area (Å²) in [6.07, 6.45) is 0. The SMILES string of the molecule is Cc1nc(-c2ccc(Cl)cc2Cl)nc(NCCNc2nc3ccccc3[nH]2)c1C. The number of imidazole rings is 1. The van der Waals surface area contributed by atoms with Crippen molar-refractivity contribution < 1.29 is 0 Å². The number of aromatic nitrogens is 4. The molecule has 6 nitrogen and oxygen atoms in total. The fourth-order valence-electron chi connectivity index (χ4n) is 2.99. The highest BCUT2D eigenvalue weighted by atomic mass is 35.5. The predicted octanol–water partition coefficient (Wildman–Crippen LogP) is 5.47. The van der Waals surface area contributed by atoms with E-state index >= 15 is 0 Å². The van der Waals surface area contributed by atoms with Crippen LogP contribution in [0.1, 0.15) is 11.3 Å². The van der Waals surface area contributed by atoms with Crippen molar-refractivity contribution in [1.29, 1.82) is 0 Å². The van der Waals surface area contributed by atoms with Crippen LogP contribution in [0.15, 0.2) is 42.5 Å². The second kappa shape index (κ2) is 8.27. The summed E-state index contributed by atoms with van der Waals surface area (Å²) >= 11 is 12.3. The van der Waals surface area contributed by atoms with E-state index in [1.54, 1.807) is 12.1 Å². The van der Waals surface area contributed by atoms with Gasteiger partial charge < -0.3 is 15.6 Å². The van der Waals surface area contributed by atoms with E-state index < -0.39 is 0 Å². The smallest absolute Gasteiger partial charge is 0.201 e. The summed E-state index contributed by atoms with van der Waals surface area (Å²) in [7, 11) is 0. The molecule has 2 aromatic carbocycles. The monoisotopic (exact) mass is 426 g/mol. The van der Waals surface area contributed by atoms with Crippen LogP contribution in [-0.2, 0) is 0 Å². The number of benzene rings is 2. The van der Waals surface area contributed by atoms with Crippen molar-refractivity contribution in [3.05, 3.63) is 63.8 Å². The number of fused-ring (bicyclic) bond motifs is 1. The Balaban J connectivity index is 1.46. The molecule has 4 aromatic rings. The molecule has 0 aliphatic carbocycles. The van der Waals surface area contributed by atoms with Gasteiger partial charge in [-0.1, -0.05) is 35.3 Å². The Bertz CT molecular complexity index is 1140. The normalized spacial score (nSPS) is 11.0. The van der Waals surface area contributed by atoms with Crippen LogP contribution in [0.4, 0.5) is 11.8 Å². The van der Waals surface area contributed by atoms with Gasteiger partial charge in [-0.15, -0.1) is 0 Å². The first-order valence-corrected chi connectivity index (χ1v) is 10.00. The minimum atomic E-state index is 0.526. The van der Waals surface area contributed by atoms with Gasteiger partial charge in [0.05, 0.1) is 16.1 Å². The largest absolute Gasteiger partial charge is 0.368 e. The lowest BCUT2D eigenvalue weighted by Crippen LogP contribution is -2.16. The van der Waals surface area contributed by atoms with E-state index in [1.807, 2.05) is 44.2 Å². The van der Waals surface area contributed by atoms with Gasteiger partial charge in [0.1, 0.15) is 5.82 Å². The fraction of sp³-hybridized carbons (Fsp3) is 0.190. The number of rotatable bonds is 6. The number of aryl methyl sites for hydroxylation is 1. The van der Waals surface area contributed by atoms with E-state index in [2.05, 4.69) is 30.6 Å². The van der Waals surface area contributed by atoms with Gasteiger partial charge in [-0.3, -0.25) is 0 Å².